The van der Waals surface area contributed by atoms with E-state index in [-0.39, 0.29) is 24.5 Å². The molecule has 3 rings (SSSR count). The van der Waals surface area contributed by atoms with Crippen LogP contribution >= 0.6 is 0 Å². The number of nitrogens with zero attached hydrogens (tertiary/aromatic N) is 3. The van der Waals surface area contributed by atoms with E-state index in [2.05, 4.69) is 5.32 Å². The third-order valence-corrected chi connectivity index (χ3v) is 4.68. The molecule has 27 heavy (non-hydrogen) atoms. The minimum atomic E-state index is -0.281. The number of benzene rings is 2. The lowest BCUT2D eigenvalue weighted by molar-refractivity contribution is 0.0598. The van der Waals surface area contributed by atoms with Crippen molar-refractivity contribution in [2.24, 2.45) is 0 Å². The van der Waals surface area contributed by atoms with Gasteiger partial charge in [0, 0.05) is 44.2 Å². The molecule has 0 aromatic heterocycles. The third-order valence-electron chi connectivity index (χ3n) is 4.68. The molecule has 0 spiro atoms. The van der Waals surface area contributed by atoms with E-state index >= 15 is 0 Å². The molecule has 1 aliphatic rings. The lowest BCUT2D eigenvalue weighted by Crippen LogP contribution is -2.46. The van der Waals surface area contributed by atoms with Gasteiger partial charge in [0.2, 0.25) is 0 Å². The van der Waals surface area contributed by atoms with Crippen LogP contribution in [0.2, 0.25) is 0 Å². The van der Waals surface area contributed by atoms with Gasteiger partial charge in [-0.3, -0.25) is 19.8 Å². The maximum absolute atomic E-state index is 12.8. The zero-order valence-electron chi connectivity index (χ0n) is 15.9. The second-order valence-corrected chi connectivity index (χ2v) is 6.86. The SMILES string of the molecule is CN(C)C(=O)N(C)CCCNCN1C(=O)c2cccc3cccc(c23)C1=O. The Bertz CT molecular complexity index is 843. The summed E-state index contributed by atoms with van der Waals surface area (Å²) in [6.45, 7) is 1.33. The van der Waals surface area contributed by atoms with Gasteiger partial charge in [-0.15, -0.1) is 0 Å². The molecule has 0 saturated heterocycles. The summed E-state index contributed by atoms with van der Waals surface area (Å²) in [4.78, 5) is 41.7. The van der Waals surface area contributed by atoms with Crippen LogP contribution in [0, 0.1) is 0 Å². The Balaban J connectivity index is 1.60. The molecule has 1 aliphatic heterocycles. The van der Waals surface area contributed by atoms with Crippen molar-refractivity contribution < 1.29 is 14.4 Å². The maximum Gasteiger partial charge on any atom is 0.319 e. The fourth-order valence-corrected chi connectivity index (χ4v) is 3.29. The normalized spacial score (nSPS) is 13.2. The number of rotatable bonds is 6. The van der Waals surface area contributed by atoms with Gasteiger partial charge in [0.05, 0.1) is 6.67 Å². The van der Waals surface area contributed by atoms with Crippen molar-refractivity contribution >= 4 is 28.6 Å². The van der Waals surface area contributed by atoms with Gasteiger partial charge >= 0.3 is 6.03 Å². The Hall–Kier alpha value is -2.93. The van der Waals surface area contributed by atoms with Gasteiger partial charge < -0.3 is 9.80 Å². The topological polar surface area (TPSA) is 73.0 Å². The minimum absolute atomic E-state index is 0.0545. The van der Waals surface area contributed by atoms with Crippen LogP contribution in [-0.4, -0.2) is 73.4 Å². The van der Waals surface area contributed by atoms with Gasteiger partial charge in [0.1, 0.15) is 0 Å². The first-order valence-corrected chi connectivity index (χ1v) is 8.93. The zero-order valence-corrected chi connectivity index (χ0v) is 15.9. The highest BCUT2D eigenvalue weighted by atomic mass is 16.2. The molecular formula is C20H24N4O3. The van der Waals surface area contributed by atoms with Crippen LogP contribution in [0.15, 0.2) is 36.4 Å². The number of urea groups is 1. The summed E-state index contributed by atoms with van der Waals surface area (Å²) >= 11 is 0. The zero-order chi connectivity index (χ0) is 19.6. The molecule has 7 heteroatoms. The molecule has 2 aromatic rings. The summed E-state index contributed by atoms with van der Waals surface area (Å²) in [5.74, 6) is -0.562. The molecule has 0 radical (unpaired) electrons. The van der Waals surface area contributed by atoms with Crippen LogP contribution < -0.4 is 5.32 Å². The molecule has 4 amide bonds. The third kappa shape index (κ3) is 3.64. The van der Waals surface area contributed by atoms with Crippen LogP contribution in [0.25, 0.3) is 10.8 Å². The summed E-state index contributed by atoms with van der Waals surface area (Å²) in [5.41, 5.74) is 1.11. The molecular weight excluding hydrogens is 344 g/mol. The van der Waals surface area contributed by atoms with Crippen LogP contribution in [0.1, 0.15) is 27.1 Å². The van der Waals surface area contributed by atoms with Crippen LogP contribution in [0.5, 0.6) is 0 Å². The van der Waals surface area contributed by atoms with Crippen molar-refractivity contribution in [3.63, 3.8) is 0 Å². The number of nitrogens with one attached hydrogen (secondary N) is 1. The highest BCUT2D eigenvalue weighted by Gasteiger charge is 2.32. The standard InChI is InChI=1S/C20H24N4O3/c1-22(2)20(27)23(3)12-6-11-21-13-24-18(25)15-9-4-7-14-8-5-10-16(17(14)15)19(24)26/h4-5,7-10,21H,6,11-13H2,1-3H3. The van der Waals surface area contributed by atoms with Crippen molar-refractivity contribution in [2.75, 3.05) is 40.9 Å². The summed E-state index contributed by atoms with van der Waals surface area (Å²) in [7, 11) is 5.17. The van der Waals surface area contributed by atoms with Crippen molar-refractivity contribution in [3.05, 3.63) is 47.5 Å². The Labute approximate surface area is 158 Å². The van der Waals surface area contributed by atoms with Gasteiger partial charge in [0.15, 0.2) is 0 Å². The van der Waals surface area contributed by atoms with E-state index in [1.165, 1.54) is 9.80 Å². The van der Waals surface area contributed by atoms with E-state index in [9.17, 15) is 14.4 Å². The quantitative estimate of drug-likeness (QED) is 0.625. The summed E-state index contributed by atoms with van der Waals surface area (Å²) in [6, 6.07) is 10.9. The summed E-state index contributed by atoms with van der Waals surface area (Å²) in [5, 5.41) is 4.76. The number of imide groups is 1. The first-order chi connectivity index (χ1) is 12.9. The van der Waals surface area contributed by atoms with E-state index in [1.807, 2.05) is 24.3 Å². The number of hydrogen-bond donors (Lipinski definition) is 1. The molecule has 0 bridgehead atoms. The van der Waals surface area contributed by atoms with Crippen molar-refractivity contribution in [1.29, 1.82) is 0 Å². The summed E-state index contributed by atoms with van der Waals surface area (Å²) in [6.07, 6.45) is 0.721. The first-order valence-electron chi connectivity index (χ1n) is 8.93. The lowest BCUT2D eigenvalue weighted by atomic mass is 9.94. The molecule has 1 N–H and O–H groups in total. The predicted molar refractivity (Wildman–Crippen MR) is 104 cm³/mol. The number of amides is 4. The molecule has 0 aliphatic carbocycles. The minimum Gasteiger partial charge on any atom is -0.331 e. The fraction of sp³-hybridized carbons (Fsp3) is 0.350. The molecule has 142 valence electrons. The second kappa shape index (κ2) is 7.75. The van der Waals surface area contributed by atoms with Crippen LogP contribution in [-0.2, 0) is 0 Å². The van der Waals surface area contributed by atoms with Gasteiger partial charge in [-0.1, -0.05) is 24.3 Å². The molecule has 0 unspecified atom stereocenters. The molecule has 1 heterocycles. The second-order valence-electron chi connectivity index (χ2n) is 6.86. The molecule has 0 atom stereocenters. The van der Waals surface area contributed by atoms with Crippen molar-refractivity contribution in [3.8, 4) is 0 Å². The van der Waals surface area contributed by atoms with Crippen LogP contribution in [0.4, 0.5) is 4.79 Å². The average Bonchev–Trinajstić information content (AvgIpc) is 2.67. The highest BCUT2D eigenvalue weighted by molar-refractivity contribution is 6.25. The first kappa shape index (κ1) is 18.8. The van der Waals surface area contributed by atoms with Crippen molar-refractivity contribution in [1.82, 2.24) is 20.0 Å². The van der Waals surface area contributed by atoms with Gasteiger partial charge in [-0.25, -0.2) is 4.79 Å². The number of hydrogen-bond acceptors (Lipinski definition) is 4. The Morgan fingerprint density at radius 3 is 2.15 bits per heavy atom. The van der Waals surface area contributed by atoms with Gasteiger partial charge in [-0.2, -0.15) is 0 Å². The number of carbonyl (C=O) groups excluding carboxylic acids is 3. The average molecular weight is 368 g/mol. The fourth-order valence-electron chi connectivity index (χ4n) is 3.29. The number of carbonyl (C=O) groups is 3. The largest absolute Gasteiger partial charge is 0.331 e. The van der Waals surface area contributed by atoms with E-state index in [0.717, 1.165) is 17.2 Å². The lowest BCUT2D eigenvalue weighted by Gasteiger charge is -2.27. The predicted octanol–water partition coefficient (Wildman–Crippen LogP) is 1.99. The Morgan fingerprint density at radius 1 is 1.00 bits per heavy atom. The maximum atomic E-state index is 12.8. The molecule has 0 fully saturated rings. The van der Waals surface area contributed by atoms with E-state index in [4.69, 9.17) is 0 Å². The smallest absolute Gasteiger partial charge is 0.319 e. The molecule has 2 aromatic carbocycles. The van der Waals surface area contributed by atoms with Crippen LogP contribution in [0.3, 0.4) is 0 Å². The van der Waals surface area contributed by atoms with E-state index in [1.54, 1.807) is 38.2 Å². The monoisotopic (exact) mass is 368 g/mol. The van der Waals surface area contributed by atoms with E-state index in [0.29, 0.717) is 24.2 Å². The molecule has 7 nitrogen and oxygen atoms in total. The summed E-state index contributed by atoms with van der Waals surface area (Å²) < 4.78 is 0. The Morgan fingerprint density at radius 2 is 1.59 bits per heavy atom. The highest BCUT2D eigenvalue weighted by Crippen LogP contribution is 2.29. The Kier molecular flexibility index (Phi) is 5.41. The van der Waals surface area contributed by atoms with E-state index < -0.39 is 0 Å². The molecule has 0 saturated carbocycles. The van der Waals surface area contributed by atoms with Crippen molar-refractivity contribution in [2.45, 2.75) is 6.42 Å². The van der Waals surface area contributed by atoms with Gasteiger partial charge in [0.25, 0.3) is 11.8 Å². The van der Waals surface area contributed by atoms with Gasteiger partial charge in [-0.05, 0) is 30.5 Å².